The summed E-state index contributed by atoms with van der Waals surface area (Å²) in [5, 5.41) is 5.25. The van der Waals surface area contributed by atoms with E-state index in [9.17, 15) is 14.0 Å². The number of rotatable bonds is 10. The van der Waals surface area contributed by atoms with Crippen LogP contribution >= 0.6 is 0 Å². The van der Waals surface area contributed by atoms with Gasteiger partial charge in [-0.25, -0.2) is 9.18 Å². The second-order valence-electron chi connectivity index (χ2n) is 7.63. The molecule has 0 heterocycles. The minimum absolute atomic E-state index is 0.0246. The fourth-order valence-corrected chi connectivity index (χ4v) is 3.11. The molecular weight excluding hydrogens is 399 g/mol. The predicted molar refractivity (Wildman–Crippen MR) is 118 cm³/mol. The summed E-state index contributed by atoms with van der Waals surface area (Å²) in [6.45, 7) is 4.51. The standard InChI is InChI=1S/C24H29FN2O4/c1-3-5-8-17-21(31-23(28)16-11-12-16)14-13-20(22(17)30-15-4-2)27-24(29)26-19-10-7-6-9-18(19)25/h6-7,9-10,13-14,16H,3-5,8,11-12,15H2,1-2H3,(H2,26,27,29). The molecule has 2 aromatic carbocycles. The lowest BCUT2D eigenvalue weighted by Crippen LogP contribution is -2.21. The molecule has 0 radical (unpaired) electrons. The van der Waals surface area contributed by atoms with Crippen molar-refractivity contribution in [1.82, 2.24) is 0 Å². The monoisotopic (exact) mass is 428 g/mol. The van der Waals surface area contributed by atoms with Crippen molar-refractivity contribution < 1.29 is 23.5 Å². The van der Waals surface area contributed by atoms with Crippen LogP contribution < -0.4 is 20.1 Å². The smallest absolute Gasteiger partial charge is 0.323 e. The molecule has 2 aromatic rings. The summed E-state index contributed by atoms with van der Waals surface area (Å²) in [5.41, 5.74) is 1.28. The lowest BCUT2D eigenvalue weighted by Gasteiger charge is -2.19. The van der Waals surface area contributed by atoms with Crippen LogP contribution in [-0.2, 0) is 11.2 Å². The maximum atomic E-state index is 13.9. The van der Waals surface area contributed by atoms with Gasteiger partial charge < -0.3 is 20.1 Å². The quantitative estimate of drug-likeness (QED) is 0.364. The molecule has 2 amide bonds. The summed E-state index contributed by atoms with van der Waals surface area (Å²) in [4.78, 5) is 24.8. The maximum Gasteiger partial charge on any atom is 0.323 e. The number of urea groups is 1. The van der Waals surface area contributed by atoms with Crippen LogP contribution in [0.1, 0.15) is 51.5 Å². The van der Waals surface area contributed by atoms with E-state index in [0.717, 1.165) is 37.7 Å². The summed E-state index contributed by atoms with van der Waals surface area (Å²) in [5.74, 6) is 0.184. The van der Waals surface area contributed by atoms with Gasteiger partial charge in [0.05, 0.1) is 23.9 Å². The van der Waals surface area contributed by atoms with Crippen LogP contribution in [0.5, 0.6) is 11.5 Å². The number of halogens is 1. The fraction of sp³-hybridized carbons (Fsp3) is 0.417. The van der Waals surface area contributed by atoms with Crippen molar-refractivity contribution in [1.29, 1.82) is 0 Å². The molecule has 0 atom stereocenters. The Bertz CT molecular complexity index is 928. The van der Waals surface area contributed by atoms with Crippen LogP contribution in [-0.4, -0.2) is 18.6 Å². The second kappa shape index (κ2) is 10.8. The molecule has 2 N–H and O–H groups in total. The SMILES string of the molecule is CCCCc1c(OC(=O)C2CC2)ccc(NC(=O)Nc2ccccc2F)c1OCCC. The first-order valence-corrected chi connectivity index (χ1v) is 10.9. The Morgan fingerprint density at radius 3 is 2.45 bits per heavy atom. The highest BCUT2D eigenvalue weighted by Gasteiger charge is 2.32. The molecular formula is C24H29FN2O4. The molecule has 31 heavy (non-hydrogen) atoms. The number of benzene rings is 2. The van der Waals surface area contributed by atoms with E-state index in [4.69, 9.17) is 9.47 Å². The Morgan fingerprint density at radius 2 is 1.77 bits per heavy atom. The number of carbonyl (C=O) groups is 2. The Hall–Kier alpha value is -3.09. The van der Waals surface area contributed by atoms with E-state index in [2.05, 4.69) is 17.6 Å². The van der Waals surface area contributed by atoms with E-state index in [1.165, 1.54) is 12.1 Å². The first-order valence-electron chi connectivity index (χ1n) is 10.9. The minimum atomic E-state index is -0.587. The van der Waals surface area contributed by atoms with Gasteiger partial charge in [-0.3, -0.25) is 4.79 Å². The third kappa shape index (κ3) is 6.20. The molecule has 0 bridgehead atoms. The topological polar surface area (TPSA) is 76.7 Å². The van der Waals surface area contributed by atoms with E-state index in [1.807, 2.05) is 6.92 Å². The average molecular weight is 429 g/mol. The van der Waals surface area contributed by atoms with Crippen molar-refractivity contribution in [3.8, 4) is 11.5 Å². The third-order valence-electron chi connectivity index (χ3n) is 4.94. The normalized spacial score (nSPS) is 12.9. The summed E-state index contributed by atoms with van der Waals surface area (Å²) < 4.78 is 25.5. The van der Waals surface area contributed by atoms with Crippen molar-refractivity contribution in [3.05, 3.63) is 47.8 Å². The molecule has 1 fully saturated rings. The maximum absolute atomic E-state index is 13.9. The zero-order chi connectivity index (χ0) is 22.2. The zero-order valence-corrected chi connectivity index (χ0v) is 18.0. The molecule has 0 spiro atoms. The van der Waals surface area contributed by atoms with Gasteiger partial charge in [0.1, 0.15) is 17.3 Å². The molecule has 6 nitrogen and oxygen atoms in total. The summed E-state index contributed by atoms with van der Waals surface area (Å²) in [6, 6.07) is 8.69. The highest BCUT2D eigenvalue weighted by Crippen LogP contribution is 2.39. The molecule has 1 aliphatic carbocycles. The van der Waals surface area contributed by atoms with Crippen molar-refractivity contribution in [2.45, 2.75) is 52.4 Å². The molecule has 166 valence electrons. The fourth-order valence-electron chi connectivity index (χ4n) is 3.11. The molecule has 1 saturated carbocycles. The van der Waals surface area contributed by atoms with Gasteiger partial charge in [0.2, 0.25) is 0 Å². The largest absolute Gasteiger partial charge is 0.491 e. The lowest BCUT2D eigenvalue weighted by atomic mass is 10.0. The molecule has 0 aromatic heterocycles. The number of para-hydroxylation sites is 1. The predicted octanol–water partition coefficient (Wildman–Crippen LogP) is 5.92. The van der Waals surface area contributed by atoms with Gasteiger partial charge in [0, 0.05) is 5.56 Å². The Kier molecular flexibility index (Phi) is 7.87. The first-order chi connectivity index (χ1) is 15.0. The summed E-state index contributed by atoms with van der Waals surface area (Å²) in [6.07, 6.45) is 4.97. The number of unbranched alkanes of at least 4 members (excludes halogenated alkanes) is 1. The van der Waals surface area contributed by atoms with Gasteiger partial charge in [-0.15, -0.1) is 0 Å². The summed E-state index contributed by atoms with van der Waals surface area (Å²) >= 11 is 0. The minimum Gasteiger partial charge on any atom is -0.491 e. The average Bonchev–Trinajstić information content (AvgIpc) is 3.60. The van der Waals surface area contributed by atoms with E-state index < -0.39 is 11.8 Å². The van der Waals surface area contributed by atoms with Crippen molar-refractivity contribution in [3.63, 3.8) is 0 Å². The number of ether oxygens (including phenoxy) is 2. The van der Waals surface area contributed by atoms with Crippen molar-refractivity contribution in [2.75, 3.05) is 17.2 Å². The number of esters is 1. The van der Waals surface area contributed by atoms with Crippen LogP contribution in [0.4, 0.5) is 20.6 Å². The van der Waals surface area contributed by atoms with Crippen molar-refractivity contribution >= 4 is 23.4 Å². The molecule has 3 rings (SSSR count). The van der Waals surface area contributed by atoms with Crippen LogP contribution in [0.25, 0.3) is 0 Å². The number of amides is 2. The van der Waals surface area contributed by atoms with E-state index in [-0.39, 0.29) is 17.6 Å². The molecule has 0 aliphatic heterocycles. The van der Waals surface area contributed by atoms with Crippen LogP contribution in [0, 0.1) is 11.7 Å². The molecule has 0 saturated heterocycles. The molecule has 7 heteroatoms. The third-order valence-corrected chi connectivity index (χ3v) is 4.94. The second-order valence-corrected chi connectivity index (χ2v) is 7.63. The van der Waals surface area contributed by atoms with Gasteiger partial charge >= 0.3 is 12.0 Å². The number of nitrogens with one attached hydrogen (secondary N) is 2. The Balaban J connectivity index is 1.87. The van der Waals surface area contributed by atoms with Gasteiger partial charge in [-0.05, 0) is 56.4 Å². The number of hydrogen-bond donors (Lipinski definition) is 2. The van der Waals surface area contributed by atoms with Gasteiger partial charge in [0.15, 0.2) is 0 Å². The molecule has 1 aliphatic rings. The van der Waals surface area contributed by atoms with E-state index >= 15 is 0 Å². The van der Waals surface area contributed by atoms with Crippen LogP contribution in [0.3, 0.4) is 0 Å². The highest BCUT2D eigenvalue weighted by molar-refractivity contribution is 6.01. The number of hydrogen-bond acceptors (Lipinski definition) is 4. The van der Waals surface area contributed by atoms with Crippen molar-refractivity contribution in [2.24, 2.45) is 5.92 Å². The highest BCUT2D eigenvalue weighted by atomic mass is 19.1. The first kappa shape index (κ1) is 22.6. The van der Waals surface area contributed by atoms with Crippen LogP contribution in [0.15, 0.2) is 36.4 Å². The van der Waals surface area contributed by atoms with Gasteiger partial charge in [0.25, 0.3) is 0 Å². The van der Waals surface area contributed by atoms with Gasteiger partial charge in [-0.1, -0.05) is 32.4 Å². The van der Waals surface area contributed by atoms with E-state index in [0.29, 0.717) is 30.2 Å². The zero-order valence-electron chi connectivity index (χ0n) is 18.0. The van der Waals surface area contributed by atoms with Crippen LogP contribution in [0.2, 0.25) is 0 Å². The Labute approximate surface area is 182 Å². The lowest BCUT2D eigenvalue weighted by molar-refractivity contribution is -0.135. The van der Waals surface area contributed by atoms with E-state index in [1.54, 1.807) is 24.3 Å². The molecule has 0 unspecified atom stereocenters. The number of anilines is 2. The summed E-state index contributed by atoms with van der Waals surface area (Å²) in [7, 11) is 0. The van der Waals surface area contributed by atoms with Gasteiger partial charge in [-0.2, -0.15) is 0 Å². The Morgan fingerprint density at radius 1 is 1.03 bits per heavy atom. The number of carbonyl (C=O) groups excluding carboxylic acids is 2.